The topological polar surface area (TPSA) is 17.1 Å². The monoisotopic (exact) mass is 276 g/mol. The maximum absolute atomic E-state index is 12.5. The Morgan fingerprint density at radius 2 is 1.59 bits per heavy atom. The quantitative estimate of drug-likeness (QED) is 0.557. The molecule has 94 valence electrons. The molecule has 0 saturated carbocycles. The van der Waals surface area contributed by atoms with Crippen LogP contribution in [0.15, 0.2) is 18.2 Å². The Hall–Kier alpha value is -1.24. The van der Waals surface area contributed by atoms with E-state index >= 15 is 0 Å². The predicted octanol–water partition coefficient (Wildman–Crippen LogP) is 4.10. The van der Waals surface area contributed by atoms with Crippen molar-refractivity contribution in [3.8, 4) is 0 Å². The maximum atomic E-state index is 12.5. The molecule has 0 radical (unpaired) electrons. The van der Waals surface area contributed by atoms with Gasteiger partial charge < -0.3 is 0 Å². The van der Waals surface area contributed by atoms with Crippen molar-refractivity contribution >= 4 is 17.4 Å². The van der Waals surface area contributed by atoms with Crippen LogP contribution in [0.1, 0.15) is 15.9 Å². The van der Waals surface area contributed by atoms with Crippen molar-refractivity contribution in [2.75, 3.05) is 0 Å². The van der Waals surface area contributed by atoms with Crippen LogP contribution in [0.25, 0.3) is 0 Å². The molecule has 0 amide bonds. The molecule has 0 spiro atoms. The van der Waals surface area contributed by atoms with Gasteiger partial charge in [0.1, 0.15) is 0 Å². The van der Waals surface area contributed by atoms with E-state index in [0.717, 1.165) is 12.1 Å². The highest BCUT2D eigenvalue weighted by atomic mass is 35.5. The van der Waals surface area contributed by atoms with E-state index in [9.17, 15) is 31.1 Å². The van der Waals surface area contributed by atoms with E-state index in [1.54, 1.807) is 0 Å². The first-order chi connectivity index (χ1) is 7.55. The van der Waals surface area contributed by atoms with Gasteiger partial charge in [-0.1, -0.05) is 23.7 Å². The fourth-order valence-corrected chi connectivity index (χ4v) is 1.44. The van der Waals surface area contributed by atoms with Gasteiger partial charge in [0, 0.05) is 5.56 Å². The molecule has 0 saturated heterocycles. The summed E-state index contributed by atoms with van der Waals surface area (Å²) in [5.41, 5.74) is -3.28. The SMILES string of the molecule is O=C(c1cccc(Cl)c1C(F)(F)F)C(F)(F)F. The third kappa shape index (κ3) is 2.91. The Bertz CT molecular complexity index is 448. The summed E-state index contributed by atoms with van der Waals surface area (Å²) in [5, 5.41) is -0.951. The fourth-order valence-electron chi connectivity index (χ4n) is 1.15. The first-order valence-electron chi connectivity index (χ1n) is 4.02. The van der Waals surface area contributed by atoms with Crippen LogP contribution in [0.2, 0.25) is 5.02 Å². The lowest BCUT2D eigenvalue weighted by Gasteiger charge is -2.14. The van der Waals surface area contributed by atoms with Crippen molar-refractivity contribution in [2.24, 2.45) is 0 Å². The van der Waals surface area contributed by atoms with Crippen molar-refractivity contribution in [2.45, 2.75) is 12.4 Å². The zero-order valence-electron chi connectivity index (χ0n) is 7.79. The summed E-state index contributed by atoms with van der Waals surface area (Å²) in [5.74, 6) is -2.58. The molecule has 17 heavy (non-hydrogen) atoms. The summed E-state index contributed by atoms with van der Waals surface area (Å²) in [6.45, 7) is 0. The van der Waals surface area contributed by atoms with Crippen LogP contribution in [0.4, 0.5) is 26.3 Å². The lowest BCUT2D eigenvalue weighted by Crippen LogP contribution is -2.26. The van der Waals surface area contributed by atoms with Gasteiger partial charge in [0.15, 0.2) is 0 Å². The lowest BCUT2D eigenvalue weighted by molar-refractivity contribution is -0.138. The summed E-state index contributed by atoms with van der Waals surface area (Å²) in [7, 11) is 0. The molecule has 1 aromatic rings. The van der Waals surface area contributed by atoms with Crippen molar-refractivity contribution in [1.82, 2.24) is 0 Å². The average molecular weight is 277 g/mol. The fraction of sp³-hybridized carbons (Fsp3) is 0.222. The van der Waals surface area contributed by atoms with E-state index in [1.807, 2.05) is 0 Å². The van der Waals surface area contributed by atoms with E-state index < -0.39 is 34.3 Å². The number of rotatable bonds is 1. The molecule has 0 aliphatic rings. The number of Topliss-reactive ketones (excluding diaryl/α,β-unsaturated/α-hetero) is 1. The van der Waals surface area contributed by atoms with E-state index in [4.69, 9.17) is 11.6 Å². The molecule has 0 aliphatic carbocycles. The summed E-state index contributed by atoms with van der Waals surface area (Å²) < 4.78 is 73.6. The molecule has 0 bridgehead atoms. The average Bonchev–Trinajstić information content (AvgIpc) is 2.12. The largest absolute Gasteiger partial charge is 0.454 e. The molecule has 0 fully saturated rings. The first kappa shape index (κ1) is 13.8. The van der Waals surface area contributed by atoms with Crippen molar-refractivity contribution in [3.63, 3.8) is 0 Å². The predicted molar refractivity (Wildman–Crippen MR) is 46.8 cm³/mol. The molecular weight excluding hydrogens is 274 g/mol. The van der Waals surface area contributed by atoms with E-state index in [2.05, 4.69) is 0 Å². The molecule has 0 aliphatic heterocycles. The summed E-state index contributed by atoms with van der Waals surface area (Å²) in [4.78, 5) is 10.8. The van der Waals surface area contributed by atoms with Gasteiger partial charge in [-0.05, 0) is 6.07 Å². The molecule has 0 atom stereocenters. The van der Waals surface area contributed by atoms with Gasteiger partial charge in [-0.3, -0.25) is 4.79 Å². The van der Waals surface area contributed by atoms with Crippen LogP contribution in [-0.4, -0.2) is 12.0 Å². The van der Waals surface area contributed by atoms with Crippen LogP contribution >= 0.6 is 11.6 Å². The lowest BCUT2D eigenvalue weighted by atomic mass is 10.0. The van der Waals surface area contributed by atoms with Crippen LogP contribution in [0, 0.1) is 0 Å². The highest BCUT2D eigenvalue weighted by Gasteiger charge is 2.45. The number of ketones is 1. The number of benzene rings is 1. The van der Waals surface area contributed by atoms with Gasteiger partial charge in [0.25, 0.3) is 5.78 Å². The zero-order chi connectivity index (χ0) is 13.4. The second-order valence-electron chi connectivity index (χ2n) is 2.99. The normalized spacial score (nSPS) is 12.6. The van der Waals surface area contributed by atoms with Gasteiger partial charge in [-0.15, -0.1) is 0 Å². The first-order valence-corrected chi connectivity index (χ1v) is 4.40. The number of carbonyl (C=O) groups excluding carboxylic acids is 1. The maximum Gasteiger partial charge on any atom is 0.454 e. The molecule has 1 nitrogen and oxygen atoms in total. The van der Waals surface area contributed by atoms with Gasteiger partial charge in [0.2, 0.25) is 0 Å². The zero-order valence-corrected chi connectivity index (χ0v) is 8.54. The highest BCUT2D eigenvalue weighted by molar-refractivity contribution is 6.32. The smallest absolute Gasteiger partial charge is 0.284 e. The number of alkyl halides is 6. The third-order valence-electron chi connectivity index (χ3n) is 1.80. The summed E-state index contributed by atoms with van der Waals surface area (Å²) in [6.07, 6.45) is -10.5. The second kappa shape index (κ2) is 4.21. The van der Waals surface area contributed by atoms with Gasteiger partial charge in [-0.25, -0.2) is 0 Å². The van der Waals surface area contributed by atoms with Crippen LogP contribution in [0.5, 0.6) is 0 Å². The molecule has 0 heterocycles. The van der Waals surface area contributed by atoms with Crippen LogP contribution in [0.3, 0.4) is 0 Å². The van der Waals surface area contributed by atoms with Crippen LogP contribution in [-0.2, 0) is 6.18 Å². The molecule has 1 rings (SSSR count). The number of hydrogen-bond donors (Lipinski definition) is 0. The Morgan fingerprint density at radius 1 is 1.06 bits per heavy atom. The second-order valence-corrected chi connectivity index (χ2v) is 3.39. The molecule has 0 unspecified atom stereocenters. The van der Waals surface area contributed by atoms with Crippen molar-refractivity contribution in [1.29, 1.82) is 0 Å². The van der Waals surface area contributed by atoms with E-state index in [1.165, 1.54) is 0 Å². The Kier molecular flexibility index (Phi) is 3.42. The summed E-state index contributed by atoms with van der Waals surface area (Å²) >= 11 is 5.17. The minimum Gasteiger partial charge on any atom is -0.284 e. The standard InChI is InChI=1S/C9H3ClF6O/c10-5-3-1-2-4(6(5)8(11,12)13)7(17)9(14,15)16/h1-3H. The Morgan fingerprint density at radius 3 is 2.00 bits per heavy atom. The van der Waals surface area contributed by atoms with E-state index in [-0.39, 0.29) is 0 Å². The third-order valence-corrected chi connectivity index (χ3v) is 2.11. The van der Waals surface area contributed by atoms with Gasteiger partial charge >= 0.3 is 12.4 Å². The van der Waals surface area contributed by atoms with Crippen LogP contribution < -0.4 is 0 Å². The Balaban J connectivity index is 3.46. The van der Waals surface area contributed by atoms with Gasteiger partial charge in [0.05, 0.1) is 10.6 Å². The molecule has 0 aromatic heterocycles. The minimum atomic E-state index is -5.38. The molecule has 0 N–H and O–H groups in total. The highest BCUT2D eigenvalue weighted by Crippen LogP contribution is 2.39. The Labute approximate surface area is 96.0 Å². The number of halogens is 7. The molecule has 1 aromatic carbocycles. The van der Waals surface area contributed by atoms with Crippen molar-refractivity contribution < 1.29 is 31.1 Å². The minimum absolute atomic E-state index is 0.435. The van der Waals surface area contributed by atoms with Crippen molar-refractivity contribution in [3.05, 3.63) is 34.3 Å². The van der Waals surface area contributed by atoms with E-state index in [0.29, 0.717) is 6.07 Å². The van der Waals surface area contributed by atoms with Gasteiger partial charge in [-0.2, -0.15) is 26.3 Å². The number of carbonyl (C=O) groups is 1. The number of hydrogen-bond acceptors (Lipinski definition) is 1. The summed E-state index contributed by atoms with van der Waals surface area (Å²) in [6, 6.07) is 2.04. The molecular formula is C9H3ClF6O. The molecule has 8 heteroatoms.